The maximum atomic E-state index is 11.4. The molecule has 2 aromatic rings. The van der Waals surface area contributed by atoms with E-state index in [1.165, 1.54) is 0 Å². The molecule has 0 aliphatic carbocycles. The van der Waals surface area contributed by atoms with Crippen molar-refractivity contribution in [1.29, 1.82) is 0 Å². The third kappa shape index (κ3) is 2.13. The molecule has 0 radical (unpaired) electrons. The van der Waals surface area contributed by atoms with Crippen LogP contribution in [0.5, 0.6) is 0 Å². The minimum Gasteiger partial charge on any atom is -0.369 e. The van der Waals surface area contributed by atoms with Gasteiger partial charge in [0.05, 0.1) is 0 Å². The van der Waals surface area contributed by atoms with Crippen LogP contribution in [0.2, 0.25) is 0 Å². The van der Waals surface area contributed by atoms with Gasteiger partial charge in [-0.3, -0.25) is 19.2 Å². The fourth-order valence-corrected chi connectivity index (χ4v) is 1.52. The Hall–Kier alpha value is -1.90. The second-order valence-electron chi connectivity index (χ2n) is 2.93. The number of nitrogens with two attached hydrogens (primary N) is 1. The Balaban J connectivity index is 2.57. The predicted molar refractivity (Wildman–Crippen MR) is 56.0 cm³/mol. The molecule has 1 unspecified atom stereocenters. The molecule has 1 atom stereocenters. The van der Waals surface area contributed by atoms with E-state index < -0.39 is 13.4 Å². The van der Waals surface area contributed by atoms with E-state index in [0.29, 0.717) is 0 Å². The largest absolute Gasteiger partial charge is 0.546 e. The van der Waals surface area contributed by atoms with E-state index in [-0.39, 0.29) is 17.1 Å². The van der Waals surface area contributed by atoms with E-state index in [2.05, 4.69) is 24.1 Å². The molecule has 2 aromatic heterocycles. The van der Waals surface area contributed by atoms with E-state index in [1.807, 2.05) is 0 Å². The van der Waals surface area contributed by atoms with Crippen molar-refractivity contribution in [3.8, 4) is 0 Å². The van der Waals surface area contributed by atoms with Crippen LogP contribution in [0.4, 0.5) is 5.95 Å². The minimum atomic E-state index is -4.27. The normalized spacial score (nSPS) is 14.7. The molecule has 0 fully saturated rings. The maximum Gasteiger partial charge on any atom is 0.546 e. The molecule has 0 saturated heterocycles. The number of H-pyrrole nitrogens is 1. The molecule has 10 nitrogen and oxygen atoms in total. The molecule has 17 heavy (non-hydrogen) atoms. The van der Waals surface area contributed by atoms with Gasteiger partial charge in [-0.2, -0.15) is 4.98 Å². The van der Waals surface area contributed by atoms with Crippen molar-refractivity contribution in [3.63, 3.8) is 0 Å². The van der Waals surface area contributed by atoms with Crippen LogP contribution >= 0.6 is 7.82 Å². The molecular formula is C6H8N5O5P. The molecule has 0 aliphatic heterocycles. The van der Waals surface area contributed by atoms with Crippen LogP contribution in [-0.4, -0.2) is 31.7 Å². The summed E-state index contributed by atoms with van der Waals surface area (Å²) in [4.78, 5) is 30.1. The molecule has 0 amide bonds. The molecule has 0 aliphatic rings. The molecule has 92 valence electrons. The van der Waals surface area contributed by atoms with Crippen molar-refractivity contribution < 1.29 is 18.6 Å². The zero-order valence-corrected chi connectivity index (χ0v) is 9.42. The van der Waals surface area contributed by atoms with Gasteiger partial charge in [-0.05, 0) is 0 Å². The summed E-state index contributed by atoms with van der Waals surface area (Å²) in [6, 6.07) is 0. The van der Waals surface area contributed by atoms with Gasteiger partial charge in [-0.25, -0.2) is 9.55 Å². The Bertz CT molecular complexity index is 662. The fourth-order valence-electron chi connectivity index (χ4n) is 1.11. The van der Waals surface area contributed by atoms with E-state index in [4.69, 9.17) is 10.6 Å². The monoisotopic (exact) mass is 261 g/mol. The van der Waals surface area contributed by atoms with Crippen LogP contribution in [0, 0.1) is 0 Å². The topological polar surface area (TPSA) is 145 Å². The van der Waals surface area contributed by atoms with Gasteiger partial charge in [0, 0.05) is 7.11 Å². The number of phosphoric ester groups is 1. The van der Waals surface area contributed by atoms with E-state index >= 15 is 0 Å². The molecule has 0 aromatic carbocycles. The second-order valence-corrected chi connectivity index (χ2v) is 4.39. The molecule has 0 saturated carbocycles. The van der Waals surface area contributed by atoms with Gasteiger partial charge in [0.1, 0.15) is 6.33 Å². The number of hydrogen-bond donors (Lipinski definition) is 3. The van der Waals surface area contributed by atoms with Crippen LogP contribution in [0.3, 0.4) is 0 Å². The number of nitrogens with one attached hydrogen (secondary N) is 1. The number of aromatic nitrogens is 4. The van der Waals surface area contributed by atoms with Gasteiger partial charge < -0.3 is 10.4 Å². The highest BCUT2D eigenvalue weighted by Crippen LogP contribution is 2.38. The molecular weight excluding hydrogens is 253 g/mol. The average molecular weight is 261 g/mol. The SMILES string of the molecule is COP(=O)(O)On1cnc2c(=O)[nH]c(N)nc21. The first-order valence-electron chi connectivity index (χ1n) is 4.24. The summed E-state index contributed by atoms with van der Waals surface area (Å²) < 4.78 is 20.7. The van der Waals surface area contributed by atoms with Gasteiger partial charge in [0.2, 0.25) is 11.6 Å². The quantitative estimate of drug-likeness (QED) is 0.588. The smallest absolute Gasteiger partial charge is 0.369 e. The number of fused-ring (bicyclic) bond motifs is 1. The summed E-state index contributed by atoms with van der Waals surface area (Å²) in [6.07, 6.45) is 1.01. The van der Waals surface area contributed by atoms with Crippen LogP contribution in [0.25, 0.3) is 11.2 Å². The number of imidazole rings is 1. The lowest BCUT2D eigenvalue weighted by Gasteiger charge is -2.09. The summed E-state index contributed by atoms with van der Waals surface area (Å²) in [5.74, 6) is -0.168. The highest BCUT2D eigenvalue weighted by atomic mass is 31.2. The zero-order valence-electron chi connectivity index (χ0n) is 8.52. The Labute approximate surface area is 93.6 Å². The predicted octanol–water partition coefficient (Wildman–Crippen LogP) is -1.12. The number of phosphoric acid groups is 1. The number of anilines is 1. The third-order valence-electron chi connectivity index (χ3n) is 1.82. The zero-order chi connectivity index (χ0) is 12.6. The Morgan fingerprint density at radius 2 is 2.35 bits per heavy atom. The van der Waals surface area contributed by atoms with Crippen LogP contribution in [0.15, 0.2) is 11.1 Å². The Morgan fingerprint density at radius 3 is 3.00 bits per heavy atom. The van der Waals surface area contributed by atoms with Crippen LogP contribution in [-0.2, 0) is 9.09 Å². The lowest BCUT2D eigenvalue weighted by molar-refractivity contribution is 0.162. The number of nitrogen functional groups attached to an aromatic ring is 1. The minimum absolute atomic E-state index is 0.0738. The molecule has 2 heterocycles. The van der Waals surface area contributed by atoms with E-state index in [0.717, 1.165) is 18.2 Å². The standard InChI is InChI=1S/C6H8N5O5P/c1-15-17(13,14)16-11-2-8-3-4(11)9-6(7)10-5(3)12/h2H,1H3,(H,13,14)(H3,7,9,10,12). The molecule has 0 spiro atoms. The second kappa shape index (κ2) is 3.84. The van der Waals surface area contributed by atoms with Gasteiger partial charge in [-0.15, -0.1) is 4.73 Å². The first-order chi connectivity index (χ1) is 7.93. The first kappa shape index (κ1) is 11.6. The van der Waals surface area contributed by atoms with Crippen LogP contribution in [0.1, 0.15) is 0 Å². The maximum absolute atomic E-state index is 11.4. The third-order valence-corrected chi connectivity index (χ3v) is 2.66. The average Bonchev–Trinajstić information content (AvgIpc) is 2.61. The van der Waals surface area contributed by atoms with Crippen molar-refractivity contribution in [3.05, 3.63) is 16.7 Å². The number of hydrogen-bond acceptors (Lipinski definition) is 7. The van der Waals surface area contributed by atoms with Gasteiger partial charge in [-0.1, -0.05) is 0 Å². The van der Waals surface area contributed by atoms with E-state index in [9.17, 15) is 9.36 Å². The van der Waals surface area contributed by atoms with Crippen molar-refractivity contribution in [1.82, 2.24) is 19.7 Å². The molecule has 11 heteroatoms. The molecule has 4 N–H and O–H groups in total. The van der Waals surface area contributed by atoms with Crippen LogP contribution < -0.4 is 15.9 Å². The Morgan fingerprint density at radius 1 is 1.65 bits per heavy atom. The van der Waals surface area contributed by atoms with Gasteiger partial charge in [0.15, 0.2) is 5.52 Å². The van der Waals surface area contributed by atoms with Gasteiger partial charge >= 0.3 is 7.82 Å². The first-order valence-corrected chi connectivity index (χ1v) is 5.74. The summed E-state index contributed by atoms with van der Waals surface area (Å²) >= 11 is 0. The summed E-state index contributed by atoms with van der Waals surface area (Å²) in [6.45, 7) is 0. The van der Waals surface area contributed by atoms with Crippen molar-refractivity contribution in [2.45, 2.75) is 0 Å². The highest BCUT2D eigenvalue weighted by molar-refractivity contribution is 7.47. The molecule has 2 rings (SSSR count). The van der Waals surface area contributed by atoms with E-state index in [1.54, 1.807) is 0 Å². The fraction of sp³-hybridized carbons (Fsp3) is 0.167. The molecule has 0 bridgehead atoms. The highest BCUT2D eigenvalue weighted by Gasteiger charge is 2.23. The lowest BCUT2D eigenvalue weighted by atomic mass is 10.5. The number of nitrogens with zero attached hydrogens (tertiary/aromatic N) is 3. The van der Waals surface area contributed by atoms with Crippen molar-refractivity contribution in [2.75, 3.05) is 12.8 Å². The van der Waals surface area contributed by atoms with Crippen molar-refractivity contribution >= 4 is 24.9 Å². The summed E-state index contributed by atoms with van der Waals surface area (Å²) in [7, 11) is -3.27. The lowest BCUT2D eigenvalue weighted by Crippen LogP contribution is -2.14. The summed E-state index contributed by atoms with van der Waals surface area (Å²) in [5.41, 5.74) is 4.58. The summed E-state index contributed by atoms with van der Waals surface area (Å²) in [5, 5.41) is 0. The van der Waals surface area contributed by atoms with Gasteiger partial charge in [0.25, 0.3) is 5.56 Å². The van der Waals surface area contributed by atoms with Crippen molar-refractivity contribution in [2.24, 2.45) is 0 Å². The Kier molecular flexibility index (Phi) is 2.62. The number of aromatic amines is 1. The number of rotatable bonds is 3.